The first-order valence-corrected chi connectivity index (χ1v) is 6.14. The van der Waals surface area contributed by atoms with Crippen molar-refractivity contribution in [3.63, 3.8) is 0 Å². The second-order valence-corrected chi connectivity index (χ2v) is 4.93. The van der Waals surface area contributed by atoms with E-state index in [1.807, 2.05) is 18.5 Å². The summed E-state index contributed by atoms with van der Waals surface area (Å²) in [5.74, 6) is 0.894. The quantitative estimate of drug-likeness (QED) is 0.734. The first-order valence-electron chi connectivity index (χ1n) is 6.14. The van der Waals surface area contributed by atoms with E-state index in [-0.39, 0.29) is 5.78 Å². The number of carbonyl (C=O) groups is 1. The molecule has 1 aliphatic carbocycles. The van der Waals surface area contributed by atoms with Crippen molar-refractivity contribution in [3.8, 4) is 0 Å². The topological polar surface area (TPSA) is 34.9 Å². The Morgan fingerprint density at radius 3 is 2.50 bits per heavy atom. The molecule has 0 aromatic carbocycles. The Morgan fingerprint density at radius 2 is 2.00 bits per heavy atom. The van der Waals surface area contributed by atoms with Crippen LogP contribution in [0.3, 0.4) is 0 Å². The molecule has 0 bridgehead atoms. The molecule has 1 fully saturated rings. The highest BCUT2D eigenvalue weighted by atomic mass is 16.1. The van der Waals surface area contributed by atoms with Crippen molar-refractivity contribution in [2.45, 2.75) is 53.0 Å². The molecule has 3 nitrogen and oxygen atoms in total. The summed E-state index contributed by atoms with van der Waals surface area (Å²) in [6, 6.07) is 0. The molecule has 0 saturated heterocycles. The van der Waals surface area contributed by atoms with Gasteiger partial charge in [0.2, 0.25) is 0 Å². The largest absolute Gasteiger partial charge is 0.294 e. The number of aryl methyl sites for hydroxylation is 1. The van der Waals surface area contributed by atoms with Gasteiger partial charge in [0, 0.05) is 12.2 Å². The van der Waals surface area contributed by atoms with Crippen LogP contribution in [0.25, 0.3) is 0 Å². The number of Topliss-reactive ketones (excluding diaryl/α,β-unsaturated/α-hetero) is 1. The minimum Gasteiger partial charge on any atom is -0.294 e. The fourth-order valence-corrected chi connectivity index (χ4v) is 2.82. The van der Waals surface area contributed by atoms with Gasteiger partial charge in [-0.3, -0.25) is 9.48 Å². The van der Waals surface area contributed by atoms with Gasteiger partial charge >= 0.3 is 0 Å². The van der Waals surface area contributed by atoms with Crippen LogP contribution in [0, 0.1) is 19.8 Å². The Hall–Kier alpha value is -1.12. The van der Waals surface area contributed by atoms with Crippen LogP contribution < -0.4 is 0 Å². The van der Waals surface area contributed by atoms with E-state index in [4.69, 9.17) is 0 Å². The summed E-state index contributed by atoms with van der Waals surface area (Å²) < 4.78 is 2.03. The van der Waals surface area contributed by atoms with Gasteiger partial charge < -0.3 is 0 Å². The molecule has 0 atom stereocenters. The molecule has 1 aromatic rings. The first kappa shape index (κ1) is 11.4. The normalized spacial score (nSPS) is 16.9. The van der Waals surface area contributed by atoms with Crippen molar-refractivity contribution < 1.29 is 4.79 Å². The molecule has 1 saturated carbocycles. The predicted molar refractivity (Wildman–Crippen MR) is 63.7 cm³/mol. The van der Waals surface area contributed by atoms with E-state index < -0.39 is 0 Å². The highest BCUT2D eigenvalue weighted by Crippen LogP contribution is 2.27. The maximum atomic E-state index is 11.5. The first-order chi connectivity index (χ1) is 7.59. The fraction of sp³-hybridized carbons (Fsp3) is 0.692. The number of aromatic nitrogens is 2. The zero-order valence-electron chi connectivity index (χ0n) is 10.4. The summed E-state index contributed by atoms with van der Waals surface area (Å²) in [5.41, 5.74) is 2.73. The van der Waals surface area contributed by atoms with Gasteiger partial charge in [-0.15, -0.1) is 0 Å². The molecule has 2 rings (SSSR count). The minimum absolute atomic E-state index is 0.132. The molecule has 0 N–H and O–H groups in total. The summed E-state index contributed by atoms with van der Waals surface area (Å²) in [5, 5.41) is 4.49. The zero-order valence-corrected chi connectivity index (χ0v) is 10.4. The van der Waals surface area contributed by atoms with E-state index in [0.717, 1.165) is 29.4 Å². The van der Waals surface area contributed by atoms with Crippen LogP contribution >= 0.6 is 0 Å². The van der Waals surface area contributed by atoms with Gasteiger partial charge in [0.05, 0.1) is 11.3 Å². The smallest absolute Gasteiger partial charge is 0.163 e. The summed E-state index contributed by atoms with van der Waals surface area (Å²) in [4.78, 5) is 11.5. The fourth-order valence-electron chi connectivity index (χ4n) is 2.82. The molecule has 0 spiro atoms. The zero-order chi connectivity index (χ0) is 11.7. The molecule has 88 valence electrons. The predicted octanol–water partition coefficient (Wildman–Crippen LogP) is 2.89. The highest BCUT2D eigenvalue weighted by molar-refractivity contribution is 5.96. The van der Waals surface area contributed by atoms with E-state index in [1.54, 1.807) is 6.92 Å². The third-order valence-corrected chi connectivity index (χ3v) is 3.64. The summed E-state index contributed by atoms with van der Waals surface area (Å²) in [6.07, 6.45) is 5.33. The van der Waals surface area contributed by atoms with Gasteiger partial charge in [-0.05, 0) is 39.5 Å². The number of ketones is 1. The molecule has 1 aliphatic rings. The Bertz CT molecular complexity index is 400. The Kier molecular flexibility index (Phi) is 3.13. The minimum atomic E-state index is 0.132. The summed E-state index contributed by atoms with van der Waals surface area (Å²) >= 11 is 0. The number of rotatable bonds is 3. The monoisotopic (exact) mass is 220 g/mol. The second kappa shape index (κ2) is 4.40. The van der Waals surface area contributed by atoms with E-state index in [0.29, 0.717) is 0 Å². The van der Waals surface area contributed by atoms with Crippen molar-refractivity contribution in [1.82, 2.24) is 9.78 Å². The molecule has 16 heavy (non-hydrogen) atoms. The Labute approximate surface area is 96.8 Å². The van der Waals surface area contributed by atoms with Crippen LogP contribution in [-0.2, 0) is 6.54 Å². The summed E-state index contributed by atoms with van der Waals surface area (Å²) in [6.45, 7) is 6.54. The van der Waals surface area contributed by atoms with Crippen molar-refractivity contribution in [2.75, 3.05) is 0 Å². The Morgan fingerprint density at radius 1 is 1.38 bits per heavy atom. The lowest BCUT2D eigenvalue weighted by molar-refractivity contribution is 0.101. The number of nitrogens with zero attached hydrogens (tertiary/aromatic N) is 2. The van der Waals surface area contributed by atoms with Crippen LogP contribution in [-0.4, -0.2) is 15.6 Å². The third-order valence-electron chi connectivity index (χ3n) is 3.64. The van der Waals surface area contributed by atoms with E-state index in [2.05, 4.69) is 5.10 Å². The molecule has 3 heteroatoms. The van der Waals surface area contributed by atoms with Gasteiger partial charge in [-0.1, -0.05) is 12.8 Å². The molecule has 1 aromatic heterocycles. The van der Waals surface area contributed by atoms with Crippen molar-refractivity contribution in [2.24, 2.45) is 5.92 Å². The van der Waals surface area contributed by atoms with Gasteiger partial charge in [0.25, 0.3) is 0 Å². The van der Waals surface area contributed by atoms with Crippen molar-refractivity contribution in [1.29, 1.82) is 0 Å². The lowest BCUT2D eigenvalue weighted by Crippen LogP contribution is -2.10. The lowest BCUT2D eigenvalue weighted by atomic mass is 10.1. The second-order valence-electron chi connectivity index (χ2n) is 4.93. The van der Waals surface area contributed by atoms with E-state index in [1.165, 1.54) is 25.7 Å². The lowest BCUT2D eigenvalue weighted by Gasteiger charge is -2.10. The molecule has 0 unspecified atom stereocenters. The SMILES string of the molecule is CC(=O)c1c(C)nn(CC2CCCC2)c1C. The van der Waals surface area contributed by atoms with E-state index >= 15 is 0 Å². The van der Waals surface area contributed by atoms with Gasteiger partial charge in [-0.2, -0.15) is 5.10 Å². The van der Waals surface area contributed by atoms with Crippen LogP contribution in [0.15, 0.2) is 0 Å². The van der Waals surface area contributed by atoms with Crippen LogP contribution in [0.1, 0.15) is 54.4 Å². The number of carbonyl (C=O) groups excluding carboxylic acids is 1. The van der Waals surface area contributed by atoms with Crippen LogP contribution in [0.4, 0.5) is 0 Å². The number of hydrogen-bond acceptors (Lipinski definition) is 2. The van der Waals surface area contributed by atoms with Crippen molar-refractivity contribution in [3.05, 3.63) is 17.0 Å². The molecular formula is C13H20N2O. The van der Waals surface area contributed by atoms with Crippen LogP contribution in [0.5, 0.6) is 0 Å². The summed E-state index contributed by atoms with van der Waals surface area (Å²) in [7, 11) is 0. The average Bonchev–Trinajstić information content (AvgIpc) is 2.76. The Balaban J connectivity index is 2.21. The molecular weight excluding hydrogens is 200 g/mol. The van der Waals surface area contributed by atoms with Gasteiger partial charge in [0.1, 0.15) is 0 Å². The average molecular weight is 220 g/mol. The maximum Gasteiger partial charge on any atom is 0.163 e. The van der Waals surface area contributed by atoms with Crippen LogP contribution in [0.2, 0.25) is 0 Å². The maximum absolute atomic E-state index is 11.5. The highest BCUT2D eigenvalue weighted by Gasteiger charge is 2.20. The van der Waals surface area contributed by atoms with Gasteiger partial charge in [0.15, 0.2) is 5.78 Å². The van der Waals surface area contributed by atoms with E-state index in [9.17, 15) is 4.79 Å². The van der Waals surface area contributed by atoms with Gasteiger partial charge in [-0.25, -0.2) is 0 Å². The molecule has 0 aliphatic heterocycles. The molecule has 0 radical (unpaired) electrons. The standard InChI is InChI=1S/C13H20N2O/c1-9-13(11(3)16)10(2)15(14-9)8-12-6-4-5-7-12/h12H,4-8H2,1-3H3. The number of hydrogen-bond donors (Lipinski definition) is 0. The molecule has 0 amide bonds. The molecule has 1 heterocycles. The van der Waals surface area contributed by atoms with Crippen molar-refractivity contribution >= 4 is 5.78 Å². The third kappa shape index (κ3) is 2.04.